The van der Waals surface area contributed by atoms with Gasteiger partial charge in [0.1, 0.15) is 5.75 Å². The summed E-state index contributed by atoms with van der Waals surface area (Å²) in [6.45, 7) is 2.74. The van der Waals surface area contributed by atoms with Crippen LogP contribution in [-0.2, 0) is 12.8 Å². The molecule has 0 saturated heterocycles. The first kappa shape index (κ1) is 16.5. The first-order valence-corrected chi connectivity index (χ1v) is 8.76. The van der Waals surface area contributed by atoms with Crippen molar-refractivity contribution in [1.29, 1.82) is 0 Å². The molecule has 5 heteroatoms. The van der Waals surface area contributed by atoms with Gasteiger partial charge in [-0.25, -0.2) is 0 Å². The highest BCUT2D eigenvalue weighted by atomic mass is 16.5. The number of benzene rings is 2. The summed E-state index contributed by atoms with van der Waals surface area (Å²) < 4.78 is 16.5. The van der Waals surface area contributed by atoms with Gasteiger partial charge in [-0.15, -0.1) is 0 Å². The number of furan rings is 1. The smallest absolute Gasteiger partial charge is 0.287 e. The Morgan fingerprint density at radius 1 is 1.27 bits per heavy atom. The Labute approximate surface area is 151 Å². The Kier molecular flexibility index (Phi) is 4.29. The summed E-state index contributed by atoms with van der Waals surface area (Å²) in [6.07, 6.45) is 1.70. The van der Waals surface area contributed by atoms with Gasteiger partial charge in [0, 0.05) is 17.8 Å². The molecule has 0 unspecified atom stereocenters. The van der Waals surface area contributed by atoms with Gasteiger partial charge >= 0.3 is 0 Å². The fraction of sp³-hybridized carbons (Fsp3) is 0.286. The van der Waals surface area contributed by atoms with Crippen LogP contribution in [0.4, 0.5) is 0 Å². The molecule has 0 bridgehead atoms. The van der Waals surface area contributed by atoms with Crippen LogP contribution in [0.25, 0.3) is 11.0 Å². The minimum atomic E-state index is -0.222. The second-order valence-electron chi connectivity index (χ2n) is 6.61. The number of nitrogens with one attached hydrogen (secondary N) is 1. The molecule has 2 aromatic carbocycles. The Morgan fingerprint density at radius 3 is 3.00 bits per heavy atom. The third-order valence-corrected chi connectivity index (χ3v) is 4.62. The third-order valence-electron chi connectivity index (χ3n) is 4.62. The van der Waals surface area contributed by atoms with Crippen molar-refractivity contribution in [3.05, 3.63) is 59.4 Å². The second-order valence-corrected chi connectivity index (χ2v) is 6.61. The molecule has 26 heavy (non-hydrogen) atoms. The number of rotatable bonds is 5. The van der Waals surface area contributed by atoms with Crippen molar-refractivity contribution in [3.63, 3.8) is 0 Å². The lowest BCUT2D eigenvalue weighted by Gasteiger charge is -2.13. The van der Waals surface area contributed by atoms with Gasteiger partial charge in [0.2, 0.25) is 0 Å². The molecule has 5 nitrogen and oxygen atoms in total. The molecule has 0 spiro atoms. The number of para-hydroxylation sites is 1. The van der Waals surface area contributed by atoms with Gasteiger partial charge in [-0.3, -0.25) is 4.79 Å². The van der Waals surface area contributed by atoms with E-state index in [-0.39, 0.29) is 11.9 Å². The topological polar surface area (TPSA) is 60.7 Å². The molecule has 1 atom stereocenters. The molecule has 0 radical (unpaired) electrons. The van der Waals surface area contributed by atoms with Crippen LogP contribution in [0.15, 0.2) is 46.9 Å². The molecular formula is C21H21NO4. The molecule has 1 aliphatic heterocycles. The molecular weight excluding hydrogens is 330 g/mol. The van der Waals surface area contributed by atoms with Crippen molar-refractivity contribution < 1.29 is 18.7 Å². The largest absolute Gasteiger partial charge is 0.493 e. The van der Waals surface area contributed by atoms with Crippen molar-refractivity contribution in [2.75, 3.05) is 13.7 Å². The van der Waals surface area contributed by atoms with Gasteiger partial charge in [0.05, 0.1) is 13.7 Å². The van der Waals surface area contributed by atoms with E-state index in [1.165, 1.54) is 11.1 Å². The maximum Gasteiger partial charge on any atom is 0.287 e. The molecule has 4 rings (SSSR count). The minimum Gasteiger partial charge on any atom is -0.493 e. The average Bonchev–Trinajstić information content (AvgIpc) is 3.27. The highest BCUT2D eigenvalue weighted by molar-refractivity contribution is 5.97. The van der Waals surface area contributed by atoms with Gasteiger partial charge in [0.15, 0.2) is 17.1 Å². The van der Waals surface area contributed by atoms with Crippen molar-refractivity contribution >= 4 is 16.9 Å². The van der Waals surface area contributed by atoms with Crippen LogP contribution < -0.4 is 14.8 Å². The van der Waals surface area contributed by atoms with Gasteiger partial charge in [0.25, 0.3) is 5.91 Å². The van der Waals surface area contributed by atoms with Crippen LogP contribution in [-0.4, -0.2) is 25.7 Å². The number of carbonyl (C=O) groups excluding carboxylic acids is 1. The molecule has 3 aromatic rings. The number of hydrogen-bond acceptors (Lipinski definition) is 4. The fourth-order valence-electron chi connectivity index (χ4n) is 3.38. The van der Waals surface area contributed by atoms with Crippen molar-refractivity contribution in [2.45, 2.75) is 25.8 Å². The number of methoxy groups -OCH3 is 1. The summed E-state index contributed by atoms with van der Waals surface area (Å²) in [5.74, 6) is 1.66. The van der Waals surface area contributed by atoms with E-state index in [9.17, 15) is 4.79 Å². The van der Waals surface area contributed by atoms with Crippen LogP contribution >= 0.6 is 0 Å². The summed E-state index contributed by atoms with van der Waals surface area (Å²) in [6, 6.07) is 13.5. The predicted octanol–water partition coefficient (Wildman–Crippen LogP) is 3.74. The second kappa shape index (κ2) is 6.75. The molecule has 1 amide bonds. The van der Waals surface area contributed by atoms with E-state index < -0.39 is 0 Å². The Morgan fingerprint density at radius 2 is 2.15 bits per heavy atom. The summed E-state index contributed by atoms with van der Waals surface area (Å²) in [4.78, 5) is 12.5. The summed E-state index contributed by atoms with van der Waals surface area (Å²) in [5.41, 5.74) is 3.02. The van der Waals surface area contributed by atoms with Crippen LogP contribution in [0.5, 0.6) is 11.5 Å². The first-order valence-electron chi connectivity index (χ1n) is 8.76. The zero-order valence-corrected chi connectivity index (χ0v) is 14.9. The van der Waals surface area contributed by atoms with Gasteiger partial charge in [-0.2, -0.15) is 0 Å². The van der Waals surface area contributed by atoms with Gasteiger partial charge in [-0.05, 0) is 42.7 Å². The standard InChI is InChI=1S/C21H21NO4/c1-13(10-14-6-7-17-15(11-14)8-9-25-17)22-21(23)19-12-16-4-3-5-18(24-2)20(16)26-19/h3-7,11-13H,8-10H2,1-2H3,(H,22,23)/t13-/m1/s1. The summed E-state index contributed by atoms with van der Waals surface area (Å²) in [5, 5.41) is 3.85. The summed E-state index contributed by atoms with van der Waals surface area (Å²) >= 11 is 0. The number of amides is 1. The molecule has 2 heterocycles. The Balaban J connectivity index is 1.46. The van der Waals surface area contributed by atoms with Crippen LogP contribution in [0, 0.1) is 0 Å². The van der Waals surface area contributed by atoms with E-state index in [1.807, 2.05) is 31.2 Å². The predicted molar refractivity (Wildman–Crippen MR) is 99.0 cm³/mol. The zero-order chi connectivity index (χ0) is 18.1. The van der Waals surface area contributed by atoms with E-state index in [0.717, 1.165) is 30.6 Å². The van der Waals surface area contributed by atoms with Gasteiger partial charge < -0.3 is 19.2 Å². The monoisotopic (exact) mass is 351 g/mol. The average molecular weight is 351 g/mol. The van der Waals surface area contributed by atoms with Crippen LogP contribution in [0.2, 0.25) is 0 Å². The SMILES string of the molecule is COc1cccc2cc(C(=O)N[C@H](C)Cc3ccc4c(c3)CCO4)oc12. The molecule has 0 aliphatic carbocycles. The van der Waals surface area contributed by atoms with E-state index in [2.05, 4.69) is 17.4 Å². The zero-order valence-electron chi connectivity index (χ0n) is 14.9. The van der Waals surface area contributed by atoms with E-state index in [0.29, 0.717) is 17.1 Å². The van der Waals surface area contributed by atoms with Crippen molar-refractivity contribution in [2.24, 2.45) is 0 Å². The molecule has 0 fully saturated rings. The summed E-state index contributed by atoms with van der Waals surface area (Å²) in [7, 11) is 1.58. The number of ether oxygens (including phenoxy) is 2. The van der Waals surface area contributed by atoms with Crippen molar-refractivity contribution in [1.82, 2.24) is 5.32 Å². The first-order chi connectivity index (χ1) is 12.6. The number of hydrogen-bond donors (Lipinski definition) is 1. The number of carbonyl (C=O) groups is 1. The van der Waals surface area contributed by atoms with Crippen LogP contribution in [0.3, 0.4) is 0 Å². The molecule has 1 N–H and O–H groups in total. The molecule has 1 aromatic heterocycles. The Bertz CT molecular complexity index is 960. The fourth-order valence-corrected chi connectivity index (χ4v) is 3.38. The van der Waals surface area contributed by atoms with E-state index in [4.69, 9.17) is 13.9 Å². The minimum absolute atomic E-state index is 0.0158. The normalized spacial score (nSPS) is 13.9. The molecule has 134 valence electrons. The molecule has 1 aliphatic rings. The highest BCUT2D eigenvalue weighted by Crippen LogP contribution is 2.29. The van der Waals surface area contributed by atoms with E-state index >= 15 is 0 Å². The van der Waals surface area contributed by atoms with Gasteiger partial charge in [-0.1, -0.05) is 24.3 Å². The highest BCUT2D eigenvalue weighted by Gasteiger charge is 2.18. The lowest BCUT2D eigenvalue weighted by atomic mass is 10.0. The van der Waals surface area contributed by atoms with E-state index in [1.54, 1.807) is 13.2 Å². The lowest BCUT2D eigenvalue weighted by Crippen LogP contribution is -2.33. The maximum absolute atomic E-state index is 12.5. The Hall–Kier alpha value is -2.95. The molecule has 0 saturated carbocycles. The number of fused-ring (bicyclic) bond motifs is 2. The van der Waals surface area contributed by atoms with Crippen LogP contribution in [0.1, 0.15) is 28.6 Å². The quantitative estimate of drug-likeness (QED) is 0.761. The lowest BCUT2D eigenvalue weighted by molar-refractivity contribution is 0.0914. The maximum atomic E-state index is 12.5. The third kappa shape index (κ3) is 3.12. The van der Waals surface area contributed by atoms with Crippen molar-refractivity contribution in [3.8, 4) is 11.5 Å².